The van der Waals surface area contributed by atoms with Crippen molar-refractivity contribution in [1.82, 2.24) is 14.6 Å². The molecule has 0 spiro atoms. The third-order valence-corrected chi connectivity index (χ3v) is 3.11. The van der Waals surface area contributed by atoms with Crippen LogP contribution in [0.15, 0.2) is 42.6 Å². The van der Waals surface area contributed by atoms with Crippen LogP contribution in [0.3, 0.4) is 0 Å². The van der Waals surface area contributed by atoms with Gasteiger partial charge in [-0.25, -0.2) is 14.3 Å². The zero-order chi connectivity index (χ0) is 15.7. The van der Waals surface area contributed by atoms with E-state index in [-0.39, 0.29) is 11.4 Å². The van der Waals surface area contributed by atoms with Crippen molar-refractivity contribution in [2.75, 3.05) is 7.11 Å². The summed E-state index contributed by atoms with van der Waals surface area (Å²) in [6.07, 6.45) is 1.51. The van der Waals surface area contributed by atoms with Crippen LogP contribution in [0.5, 0.6) is 0 Å². The van der Waals surface area contributed by atoms with Crippen LogP contribution in [0.4, 0.5) is 5.69 Å². The lowest BCUT2D eigenvalue weighted by Gasteiger charge is -2.06. The third-order valence-electron chi connectivity index (χ3n) is 3.11. The van der Waals surface area contributed by atoms with Gasteiger partial charge in [-0.1, -0.05) is 12.1 Å². The first kappa shape index (κ1) is 13.7. The highest BCUT2D eigenvalue weighted by Gasteiger charge is 2.16. The van der Waals surface area contributed by atoms with Crippen LogP contribution < -0.4 is 0 Å². The van der Waals surface area contributed by atoms with Gasteiger partial charge >= 0.3 is 5.97 Å². The van der Waals surface area contributed by atoms with Gasteiger partial charge in [0.2, 0.25) is 0 Å². The molecule has 0 aliphatic heterocycles. The summed E-state index contributed by atoms with van der Waals surface area (Å²) < 4.78 is 6.08. The third kappa shape index (κ3) is 2.26. The zero-order valence-electron chi connectivity index (χ0n) is 11.5. The number of carbonyl (C=O) groups excluding carboxylic acids is 1. The molecule has 0 saturated heterocycles. The number of methoxy groups -OCH3 is 1. The highest BCUT2D eigenvalue weighted by Crippen LogP contribution is 2.24. The number of ether oxygens (including phenoxy) is 1. The summed E-state index contributed by atoms with van der Waals surface area (Å²) in [5, 5.41) is 14.9. The minimum absolute atomic E-state index is 0.0488. The number of hydrogen-bond donors (Lipinski definition) is 0. The molecule has 22 heavy (non-hydrogen) atoms. The first-order valence-electron chi connectivity index (χ1n) is 6.28. The number of hydrogen-bond acceptors (Lipinski definition) is 6. The molecule has 3 aromatic rings. The SMILES string of the molecule is COC(=O)c1cc(-c2cccc([N+](=O)[O-])c2)nc2ccnn12. The fourth-order valence-corrected chi connectivity index (χ4v) is 2.09. The monoisotopic (exact) mass is 298 g/mol. The summed E-state index contributed by atoms with van der Waals surface area (Å²) in [5.74, 6) is -0.567. The Labute approximate surface area is 124 Å². The number of fused-ring (bicyclic) bond motifs is 1. The Morgan fingerprint density at radius 2 is 2.14 bits per heavy atom. The van der Waals surface area contributed by atoms with E-state index in [1.165, 1.54) is 36.0 Å². The fraction of sp³-hybridized carbons (Fsp3) is 0.0714. The van der Waals surface area contributed by atoms with Crippen LogP contribution in [0.25, 0.3) is 16.9 Å². The van der Waals surface area contributed by atoms with Gasteiger partial charge in [0, 0.05) is 23.8 Å². The van der Waals surface area contributed by atoms with Gasteiger partial charge in [0.05, 0.1) is 23.9 Å². The largest absolute Gasteiger partial charge is 0.464 e. The first-order chi connectivity index (χ1) is 10.6. The summed E-state index contributed by atoms with van der Waals surface area (Å²) in [4.78, 5) is 26.6. The topological polar surface area (TPSA) is 99.6 Å². The number of esters is 1. The molecule has 0 radical (unpaired) electrons. The standard InChI is InChI=1S/C14H10N4O4/c1-22-14(19)12-8-11(16-13-5-6-15-17(12)13)9-3-2-4-10(7-9)18(20)21/h2-8H,1H3. The van der Waals surface area contributed by atoms with Crippen molar-refractivity contribution >= 4 is 17.3 Å². The average Bonchev–Trinajstić information content (AvgIpc) is 3.01. The summed E-state index contributed by atoms with van der Waals surface area (Å²) in [6.45, 7) is 0. The second-order valence-corrected chi connectivity index (χ2v) is 4.43. The molecule has 0 fully saturated rings. The number of carbonyl (C=O) groups is 1. The number of non-ortho nitro benzene ring substituents is 1. The van der Waals surface area contributed by atoms with Crippen molar-refractivity contribution in [3.8, 4) is 11.3 Å². The summed E-state index contributed by atoms with van der Waals surface area (Å²) in [6, 6.07) is 9.16. The summed E-state index contributed by atoms with van der Waals surface area (Å²) in [5.41, 5.74) is 1.55. The van der Waals surface area contributed by atoms with Crippen LogP contribution in [0.2, 0.25) is 0 Å². The van der Waals surface area contributed by atoms with E-state index in [2.05, 4.69) is 10.1 Å². The van der Waals surface area contributed by atoms with Gasteiger partial charge in [-0.05, 0) is 6.07 Å². The smallest absolute Gasteiger partial charge is 0.356 e. The lowest BCUT2D eigenvalue weighted by atomic mass is 10.1. The molecule has 0 aliphatic rings. The molecular weight excluding hydrogens is 288 g/mol. The number of nitrogens with zero attached hydrogens (tertiary/aromatic N) is 4. The maximum absolute atomic E-state index is 11.9. The Morgan fingerprint density at radius 3 is 2.86 bits per heavy atom. The van der Waals surface area contributed by atoms with Crippen molar-refractivity contribution in [3.05, 3.63) is 58.4 Å². The highest BCUT2D eigenvalue weighted by molar-refractivity contribution is 5.89. The Kier molecular flexibility index (Phi) is 3.26. The van der Waals surface area contributed by atoms with Crippen LogP contribution in [-0.4, -0.2) is 32.6 Å². The van der Waals surface area contributed by atoms with Gasteiger partial charge in [-0.3, -0.25) is 10.1 Å². The zero-order valence-corrected chi connectivity index (χ0v) is 11.5. The molecule has 8 nitrogen and oxygen atoms in total. The van der Waals surface area contributed by atoms with Crippen LogP contribution in [-0.2, 0) is 4.74 Å². The van der Waals surface area contributed by atoms with Crippen molar-refractivity contribution in [2.24, 2.45) is 0 Å². The number of rotatable bonds is 3. The van der Waals surface area contributed by atoms with E-state index < -0.39 is 10.9 Å². The maximum Gasteiger partial charge on any atom is 0.356 e. The molecule has 0 amide bonds. The Morgan fingerprint density at radius 1 is 1.32 bits per heavy atom. The molecule has 3 rings (SSSR count). The van der Waals surface area contributed by atoms with Gasteiger partial charge in [0.25, 0.3) is 5.69 Å². The summed E-state index contributed by atoms with van der Waals surface area (Å²) in [7, 11) is 1.27. The minimum atomic E-state index is -0.567. The fourth-order valence-electron chi connectivity index (χ4n) is 2.09. The number of nitro benzene ring substituents is 1. The number of aromatic nitrogens is 3. The molecule has 2 aromatic heterocycles. The van der Waals surface area contributed by atoms with E-state index >= 15 is 0 Å². The predicted octanol–water partition coefficient (Wildman–Crippen LogP) is 2.09. The van der Waals surface area contributed by atoms with Crippen molar-refractivity contribution in [1.29, 1.82) is 0 Å². The van der Waals surface area contributed by atoms with Gasteiger partial charge < -0.3 is 4.74 Å². The van der Waals surface area contributed by atoms with Gasteiger partial charge in [-0.2, -0.15) is 5.10 Å². The van der Waals surface area contributed by atoms with E-state index in [0.29, 0.717) is 16.9 Å². The van der Waals surface area contributed by atoms with Gasteiger partial charge in [0.1, 0.15) is 0 Å². The molecule has 110 valence electrons. The Balaban J connectivity index is 2.21. The molecule has 0 unspecified atom stereocenters. The second kappa shape index (κ2) is 5.24. The first-order valence-corrected chi connectivity index (χ1v) is 6.28. The molecule has 0 N–H and O–H groups in total. The maximum atomic E-state index is 11.9. The molecule has 8 heteroatoms. The quantitative estimate of drug-likeness (QED) is 0.417. The minimum Gasteiger partial charge on any atom is -0.464 e. The van der Waals surface area contributed by atoms with E-state index in [0.717, 1.165) is 0 Å². The van der Waals surface area contributed by atoms with Crippen LogP contribution in [0, 0.1) is 10.1 Å². The van der Waals surface area contributed by atoms with E-state index in [4.69, 9.17) is 4.74 Å². The van der Waals surface area contributed by atoms with Gasteiger partial charge in [0.15, 0.2) is 11.3 Å². The summed E-state index contributed by atoms with van der Waals surface area (Å²) >= 11 is 0. The second-order valence-electron chi connectivity index (χ2n) is 4.43. The van der Waals surface area contributed by atoms with E-state index in [1.807, 2.05) is 0 Å². The molecule has 1 aromatic carbocycles. The lowest BCUT2D eigenvalue weighted by molar-refractivity contribution is -0.384. The molecule has 2 heterocycles. The average molecular weight is 298 g/mol. The number of nitro groups is 1. The molecular formula is C14H10N4O4. The molecule has 0 bridgehead atoms. The molecule has 0 saturated carbocycles. The van der Waals surface area contributed by atoms with E-state index in [1.54, 1.807) is 18.2 Å². The number of benzene rings is 1. The van der Waals surface area contributed by atoms with E-state index in [9.17, 15) is 14.9 Å². The van der Waals surface area contributed by atoms with Crippen LogP contribution in [0.1, 0.15) is 10.5 Å². The molecule has 0 atom stereocenters. The Hall–Kier alpha value is -3.29. The van der Waals surface area contributed by atoms with Crippen molar-refractivity contribution < 1.29 is 14.5 Å². The normalized spacial score (nSPS) is 10.6. The van der Waals surface area contributed by atoms with Crippen molar-refractivity contribution in [3.63, 3.8) is 0 Å². The van der Waals surface area contributed by atoms with Crippen molar-refractivity contribution in [2.45, 2.75) is 0 Å². The van der Waals surface area contributed by atoms with Crippen LogP contribution >= 0.6 is 0 Å². The predicted molar refractivity (Wildman–Crippen MR) is 76.4 cm³/mol. The molecule has 0 aliphatic carbocycles. The Bertz CT molecular complexity index is 887. The lowest BCUT2D eigenvalue weighted by Crippen LogP contribution is -2.10. The van der Waals surface area contributed by atoms with Gasteiger partial charge in [-0.15, -0.1) is 0 Å². The highest BCUT2D eigenvalue weighted by atomic mass is 16.6.